The van der Waals surface area contributed by atoms with Crippen LogP contribution in [0, 0.1) is 6.92 Å². The lowest BCUT2D eigenvalue weighted by Crippen LogP contribution is -2.01. The molecule has 3 aromatic rings. The number of halogens is 1. The van der Waals surface area contributed by atoms with Crippen molar-refractivity contribution in [2.24, 2.45) is 0 Å². The van der Waals surface area contributed by atoms with E-state index in [-0.39, 0.29) is 0 Å². The van der Waals surface area contributed by atoms with E-state index in [4.69, 9.17) is 0 Å². The number of aromatic nitrogens is 1. The highest BCUT2D eigenvalue weighted by molar-refractivity contribution is 9.10. The van der Waals surface area contributed by atoms with Crippen LogP contribution in [0.4, 0.5) is 5.69 Å². The topological polar surface area (TPSA) is 24.9 Å². The molecule has 0 fully saturated rings. The second kappa shape index (κ2) is 5.63. The minimum absolute atomic E-state index is 0.760. The number of rotatable bonds is 3. The summed E-state index contributed by atoms with van der Waals surface area (Å²) in [4.78, 5) is 4.48. The van der Waals surface area contributed by atoms with E-state index in [1.165, 1.54) is 16.5 Å². The molecule has 3 rings (SSSR count). The van der Waals surface area contributed by atoms with Gasteiger partial charge in [-0.1, -0.05) is 36.4 Å². The van der Waals surface area contributed by atoms with Crippen LogP contribution in [0.2, 0.25) is 0 Å². The highest BCUT2D eigenvalue weighted by Gasteiger charge is 2.04. The maximum atomic E-state index is 4.48. The Hall–Kier alpha value is -1.87. The molecule has 0 saturated carbocycles. The third-order valence-corrected chi connectivity index (χ3v) is 4.43. The second-order valence-corrected chi connectivity index (χ2v) is 5.58. The van der Waals surface area contributed by atoms with Crippen molar-refractivity contribution in [2.45, 2.75) is 13.5 Å². The molecule has 0 aliphatic carbocycles. The van der Waals surface area contributed by atoms with E-state index >= 15 is 0 Å². The van der Waals surface area contributed by atoms with Gasteiger partial charge >= 0.3 is 0 Å². The van der Waals surface area contributed by atoms with Gasteiger partial charge in [0.2, 0.25) is 0 Å². The van der Waals surface area contributed by atoms with Gasteiger partial charge in [0.25, 0.3) is 0 Å². The molecule has 1 heterocycles. The van der Waals surface area contributed by atoms with Gasteiger partial charge in [-0.2, -0.15) is 0 Å². The molecule has 0 unspecified atom stereocenters. The number of anilines is 1. The molecule has 100 valence electrons. The van der Waals surface area contributed by atoms with E-state index in [0.29, 0.717) is 0 Å². The van der Waals surface area contributed by atoms with E-state index in [0.717, 1.165) is 22.2 Å². The number of aryl methyl sites for hydroxylation is 1. The van der Waals surface area contributed by atoms with Gasteiger partial charge in [-0.05, 0) is 46.1 Å². The molecular weight excluding hydrogens is 312 g/mol. The van der Waals surface area contributed by atoms with Crippen molar-refractivity contribution in [3.05, 3.63) is 70.3 Å². The number of nitrogens with one attached hydrogen (secondary N) is 1. The first-order chi connectivity index (χ1) is 9.75. The zero-order valence-corrected chi connectivity index (χ0v) is 12.8. The van der Waals surface area contributed by atoms with Gasteiger partial charge in [0, 0.05) is 28.3 Å². The third-order valence-electron chi connectivity index (χ3n) is 3.38. The highest BCUT2D eigenvalue weighted by Crippen LogP contribution is 2.26. The quantitative estimate of drug-likeness (QED) is 0.739. The molecule has 1 aromatic heterocycles. The Morgan fingerprint density at radius 1 is 1.05 bits per heavy atom. The van der Waals surface area contributed by atoms with Gasteiger partial charge in [0.1, 0.15) is 0 Å². The first kappa shape index (κ1) is 13.1. The summed E-state index contributed by atoms with van der Waals surface area (Å²) in [6, 6.07) is 16.6. The Labute approximate surface area is 127 Å². The van der Waals surface area contributed by atoms with Crippen LogP contribution in [0.15, 0.2) is 59.2 Å². The molecular formula is C17H15BrN2. The third kappa shape index (κ3) is 2.54. The molecule has 0 bridgehead atoms. The average Bonchev–Trinajstić information content (AvgIpc) is 2.49. The van der Waals surface area contributed by atoms with Crippen LogP contribution in [-0.2, 0) is 6.54 Å². The second-order valence-electron chi connectivity index (χ2n) is 4.78. The standard InChI is InChI=1S/C17H15BrN2/c1-12-5-2-9-15(16(12)18)20-11-14-7-3-6-13-8-4-10-19-17(13)14/h2-10,20H,11H2,1H3. The predicted molar refractivity (Wildman–Crippen MR) is 87.9 cm³/mol. The summed E-state index contributed by atoms with van der Waals surface area (Å²) in [6.07, 6.45) is 1.84. The first-order valence-corrected chi connectivity index (χ1v) is 7.36. The number of hydrogen-bond acceptors (Lipinski definition) is 2. The zero-order valence-electron chi connectivity index (χ0n) is 11.2. The Morgan fingerprint density at radius 3 is 2.75 bits per heavy atom. The van der Waals surface area contributed by atoms with Gasteiger partial charge in [-0.25, -0.2) is 0 Å². The van der Waals surface area contributed by atoms with Crippen molar-refractivity contribution in [3.63, 3.8) is 0 Å². The van der Waals surface area contributed by atoms with Crippen molar-refractivity contribution >= 4 is 32.5 Å². The molecule has 0 atom stereocenters. The maximum Gasteiger partial charge on any atom is 0.0751 e. The fourth-order valence-corrected chi connectivity index (χ4v) is 2.69. The number of hydrogen-bond donors (Lipinski definition) is 1. The summed E-state index contributed by atoms with van der Waals surface area (Å²) in [5.74, 6) is 0. The smallest absolute Gasteiger partial charge is 0.0751 e. The molecule has 3 heteroatoms. The Balaban J connectivity index is 1.89. The van der Waals surface area contributed by atoms with Crippen LogP contribution in [0.5, 0.6) is 0 Å². The lowest BCUT2D eigenvalue weighted by molar-refractivity contribution is 1.15. The Bertz CT molecular complexity index is 748. The molecule has 2 aromatic carbocycles. The lowest BCUT2D eigenvalue weighted by Gasteiger charge is -2.11. The number of nitrogens with zero attached hydrogens (tertiary/aromatic N) is 1. The highest BCUT2D eigenvalue weighted by atomic mass is 79.9. The van der Waals surface area contributed by atoms with E-state index in [1.807, 2.05) is 12.3 Å². The number of para-hydroxylation sites is 1. The predicted octanol–water partition coefficient (Wildman–Crippen LogP) is 4.92. The first-order valence-electron chi connectivity index (χ1n) is 6.57. The van der Waals surface area contributed by atoms with Crippen LogP contribution in [0.3, 0.4) is 0 Å². The van der Waals surface area contributed by atoms with Crippen molar-refractivity contribution < 1.29 is 0 Å². The van der Waals surface area contributed by atoms with Crippen molar-refractivity contribution in [1.29, 1.82) is 0 Å². The molecule has 0 aliphatic heterocycles. The van der Waals surface area contributed by atoms with Gasteiger partial charge in [-0.3, -0.25) is 4.98 Å². The Morgan fingerprint density at radius 2 is 1.85 bits per heavy atom. The fraction of sp³-hybridized carbons (Fsp3) is 0.118. The molecule has 0 radical (unpaired) electrons. The number of fused-ring (bicyclic) bond motifs is 1. The maximum absolute atomic E-state index is 4.48. The number of pyridine rings is 1. The van der Waals surface area contributed by atoms with Gasteiger partial charge in [-0.15, -0.1) is 0 Å². The monoisotopic (exact) mass is 326 g/mol. The van der Waals surface area contributed by atoms with E-state index in [9.17, 15) is 0 Å². The van der Waals surface area contributed by atoms with Crippen molar-refractivity contribution in [3.8, 4) is 0 Å². The fourth-order valence-electron chi connectivity index (χ4n) is 2.28. The molecule has 0 spiro atoms. The van der Waals surface area contributed by atoms with Crippen molar-refractivity contribution in [2.75, 3.05) is 5.32 Å². The number of benzene rings is 2. The van der Waals surface area contributed by atoms with Crippen LogP contribution in [0.1, 0.15) is 11.1 Å². The van der Waals surface area contributed by atoms with Crippen LogP contribution >= 0.6 is 15.9 Å². The molecule has 0 aliphatic rings. The molecule has 20 heavy (non-hydrogen) atoms. The van der Waals surface area contributed by atoms with Crippen molar-refractivity contribution in [1.82, 2.24) is 4.98 Å². The van der Waals surface area contributed by atoms with Crippen LogP contribution in [0.25, 0.3) is 10.9 Å². The largest absolute Gasteiger partial charge is 0.380 e. The molecule has 0 amide bonds. The molecule has 2 nitrogen and oxygen atoms in total. The van der Waals surface area contributed by atoms with Gasteiger partial charge in [0.15, 0.2) is 0 Å². The molecule has 0 saturated heterocycles. The summed E-state index contributed by atoms with van der Waals surface area (Å²) in [5, 5.41) is 4.65. The van der Waals surface area contributed by atoms with E-state index < -0.39 is 0 Å². The minimum atomic E-state index is 0.760. The lowest BCUT2D eigenvalue weighted by atomic mass is 10.1. The summed E-state index contributed by atoms with van der Waals surface area (Å²) >= 11 is 3.63. The Kier molecular flexibility index (Phi) is 3.70. The SMILES string of the molecule is Cc1cccc(NCc2cccc3cccnc23)c1Br. The van der Waals surface area contributed by atoms with E-state index in [2.05, 4.69) is 75.6 Å². The zero-order chi connectivity index (χ0) is 13.9. The molecule has 1 N–H and O–H groups in total. The van der Waals surface area contributed by atoms with Crippen LogP contribution < -0.4 is 5.32 Å². The van der Waals surface area contributed by atoms with E-state index in [1.54, 1.807) is 0 Å². The minimum Gasteiger partial charge on any atom is -0.380 e. The average molecular weight is 327 g/mol. The van der Waals surface area contributed by atoms with Crippen LogP contribution in [-0.4, -0.2) is 4.98 Å². The summed E-state index contributed by atoms with van der Waals surface area (Å²) in [7, 11) is 0. The summed E-state index contributed by atoms with van der Waals surface area (Å²) in [5.41, 5.74) is 4.60. The van der Waals surface area contributed by atoms with Gasteiger partial charge in [0.05, 0.1) is 5.52 Å². The summed E-state index contributed by atoms with van der Waals surface area (Å²) < 4.78 is 1.12. The van der Waals surface area contributed by atoms with Gasteiger partial charge < -0.3 is 5.32 Å². The summed E-state index contributed by atoms with van der Waals surface area (Å²) in [6.45, 7) is 2.85. The normalized spacial score (nSPS) is 10.7.